The zero-order chi connectivity index (χ0) is 8.74. The maximum atomic E-state index is 3.85. The molecule has 0 atom stereocenters. The average Bonchev–Trinajstić information content (AvgIpc) is 2.08. The molecule has 0 heterocycles. The van der Waals surface area contributed by atoms with Crippen molar-refractivity contribution in [1.82, 2.24) is 0 Å². The highest BCUT2D eigenvalue weighted by Crippen LogP contribution is 2.16. The molecule has 0 nitrogen and oxygen atoms in total. The first-order valence-corrected chi connectivity index (χ1v) is 6.59. The Bertz CT molecular complexity index is 125. The molecule has 0 spiro atoms. The van der Waals surface area contributed by atoms with Gasteiger partial charge in [0.25, 0.3) is 0 Å². The summed E-state index contributed by atoms with van der Waals surface area (Å²) in [5, 5.41) is 0. The van der Waals surface area contributed by atoms with Gasteiger partial charge >= 0.3 is 0 Å². The highest BCUT2D eigenvalue weighted by atomic mass is 28.3. The summed E-state index contributed by atoms with van der Waals surface area (Å²) in [7, 11) is -1.45. The normalized spacial score (nSPS) is 10.6. The summed E-state index contributed by atoms with van der Waals surface area (Å²) in [6, 6.07) is 1.22. The minimum Gasteiger partial charge on any atom is -0.106 e. The van der Waals surface area contributed by atoms with Crippen LogP contribution in [-0.2, 0) is 0 Å². The van der Waals surface area contributed by atoms with E-state index >= 15 is 0 Å². The van der Waals surface area contributed by atoms with E-state index in [1.165, 1.54) is 18.9 Å². The van der Waals surface area contributed by atoms with Crippen molar-refractivity contribution in [3.8, 4) is 0 Å². The van der Waals surface area contributed by atoms with E-state index in [2.05, 4.69) is 43.8 Å². The van der Waals surface area contributed by atoms with E-state index in [0.29, 0.717) is 0 Å². The van der Waals surface area contributed by atoms with E-state index in [1.807, 2.05) is 0 Å². The topological polar surface area (TPSA) is 0 Å². The predicted molar refractivity (Wildman–Crippen MR) is 56.1 cm³/mol. The highest BCUT2D eigenvalue weighted by molar-refractivity contribution is 6.93. The molecule has 0 unspecified atom stereocenters. The van der Waals surface area contributed by atoms with Gasteiger partial charge in [-0.2, -0.15) is 0 Å². The maximum Gasteiger partial charge on any atom is 0.124 e. The van der Waals surface area contributed by atoms with E-state index in [4.69, 9.17) is 0 Å². The van der Waals surface area contributed by atoms with Crippen LogP contribution in [0.4, 0.5) is 0 Å². The SMILES string of the molecule is C=C[Si](C=C)(C=C)CCCC. The van der Waals surface area contributed by atoms with Crippen LogP contribution in [-0.4, -0.2) is 8.07 Å². The Balaban J connectivity index is 4.16. The van der Waals surface area contributed by atoms with Gasteiger partial charge in [0.2, 0.25) is 0 Å². The second-order valence-electron chi connectivity index (χ2n) is 2.83. The molecule has 0 aliphatic carbocycles. The first-order chi connectivity index (χ1) is 5.24. The molecule has 0 N–H and O–H groups in total. The van der Waals surface area contributed by atoms with Crippen LogP contribution in [0.15, 0.2) is 36.8 Å². The van der Waals surface area contributed by atoms with Gasteiger partial charge < -0.3 is 0 Å². The van der Waals surface area contributed by atoms with Crippen molar-refractivity contribution in [3.05, 3.63) is 36.8 Å². The van der Waals surface area contributed by atoms with Gasteiger partial charge in [-0.25, -0.2) is 0 Å². The molecular weight excluding hydrogens is 148 g/mol. The lowest BCUT2D eigenvalue weighted by molar-refractivity contribution is 0.874. The van der Waals surface area contributed by atoms with Crippen molar-refractivity contribution < 1.29 is 0 Å². The molecule has 0 bridgehead atoms. The van der Waals surface area contributed by atoms with Crippen molar-refractivity contribution in [2.45, 2.75) is 25.8 Å². The molecule has 1 heteroatoms. The molecule has 0 aliphatic rings. The summed E-state index contributed by atoms with van der Waals surface area (Å²) in [5.41, 5.74) is 6.17. The minimum atomic E-state index is -1.45. The van der Waals surface area contributed by atoms with E-state index in [1.54, 1.807) is 0 Å². The molecule has 0 radical (unpaired) electrons. The molecule has 0 saturated carbocycles. The van der Waals surface area contributed by atoms with Gasteiger partial charge in [0.05, 0.1) is 0 Å². The van der Waals surface area contributed by atoms with Gasteiger partial charge in [0.1, 0.15) is 8.07 Å². The summed E-state index contributed by atoms with van der Waals surface area (Å²) in [6.07, 6.45) is 2.50. The van der Waals surface area contributed by atoms with Gasteiger partial charge in [0.15, 0.2) is 0 Å². The van der Waals surface area contributed by atoms with Crippen molar-refractivity contribution >= 4 is 8.07 Å². The van der Waals surface area contributed by atoms with Crippen LogP contribution in [0, 0.1) is 0 Å². The van der Waals surface area contributed by atoms with E-state index < -0.39 is 8.07 Å². The zero-order valence-corrected chi connectivity index (χ0v) is 8.47. The van der Waals surface area contributed by atoms with Gasteiger partial charge in [0, 0.05) is 0 Å². The Morgan fingerprint density at radius 2 is 1.55 bits per heavy atom. The van der Waals surface area contributed by atoms with Crippen molar-refractivity contribution in [2.75, 3.05) is 0 Å². The molecule has 0 aliphatic heterocycles. The number of rotatable bonds is 6. The lowest BCUT2D eigenvalue weighted by Gasteiger charge is -2.18. The molecule has 0 fully saturated rings. The Morgan fingerprint density at radius 3 is 1.82 bits per heavy atom. The number of hydrogen-bond donors (Lipinski definition) is 0. The summed E-state index contributed by atoms with van der Waals surface area (Å²) in [5.74, 6) is 0. The third kappa shape index (κ3) is 2.89. The molecule has 11 heavy (non-hydrogen) atoms. The zero-order valence-electron chi connectivity index (χ0n) is 7.47. The fraction of sp³-hybridized carbons (Fsp3) is 0.400. The monoisotopic (exact) mass is 166 g/mol. The molecule has 62 valence electrons. The van der Waals surface area contributed by atoms with Crippen LogP contribution in [0.1, 0.15) is 19.8 Å². The van der Waals surface area contributed by atoms with Crippen LogP contribution in [0.3, 0.4) is 0 Å². The first kappa shape index (κ1) is 10.4. The number of hydrogen-bond acceptors (Lipinski definition) is 0. The standard InChI is InChI=1S/C10H18Si/c1-5-9-10-11(6-2,7-3)8-4/h6-8H,2-5,9-10H2,1H3. The largest absolute Gasteiger partial charge is 0.124 e. The predicted octanol–water partition coefficient (Wildman–Crippen LogP) is 3.41. The fourth-order valence-electron chi connectivity index (χ4n) is 1.04. The smallest absolute Gasteiger partial charge is 0.106 e. The summed E-state index contributed by atoms with van der Waals surface area (Å²) >= 11 is 0. The van der Waals surface area contributed by atoms with Crippen LogP contribution >= 0.6 is 0 Å². The lowest BCUT2D eigenvalue weighted by Crippen LogP contribution is -2.26. The van der Waals surface area contributed by atoms with E-state index in [0.717, 1.165) is 0 Å². The third-order valence-corrected chi connectivity index (χ3v) is 5.60. The first-order valence-electron chi connectivity index (χ1n) is 4.15. The average molecular weight is 166 g/mol. The van der Waals surface area contributed by atoms with Crippen LogP contribution < -0.4 is 0 Å². The Kier molecular flexibility index (Phi) is 4.87. The molecule has 0 rings (SSSR count). The van der Waals surface area contributed by atoms with E-state index in [-0.39, 0.29) is 0 Å². The number of unbranched alkanes of at least 4 members (excludes halogenated alkanes) is 1. The van der Waals surface area contributed by atoms with Gasteiger partial charge in [-0.1, -0.05) is 36.9 Å². The molecule has 0 aromatic carbocycles. The second-order valence-corrected chi connectivity index (χ2v) is 6.78. The second kappa shape index (κ2) is 5.14. The Labute approximate surface area is 71.3 Å². The molecule has 0 saturated heterocycles. The van der Waals surface area contributed by atoms with Crippen LogP contribution in [0.5, 0.6) is 0 Å². The maximum absolute atomic E-state index is 3.85. The minimum absolute atomic E-state index is 1.22. The van der Waals surface area contributed by atoms with Crippen molar-refractivity contribution in [3.63, 3.8) is 0 Å². The molecule has 0 aromatic rings. The third-order valence-electron chi connectivity index (χ3n) is 2.10. The Morgan fingerprint density at radius 1 is 1.09 bits per heavy atom. The summed E-state index contributed by atoms with van der Waals surface area (Å²) < 4.78 is 0. The molecule has 0 aromatic heterocycles. The van der Waals surface area contributed by atoms with Gasteiger partial charge in [-0.3, -0.25) is 0 Å². The summed E-state index contributed by atoms with van der Waals surface area (Å²) in [6.45, 7) is 13.7. The lowest BCUT2D eigenvalue weighted by atomic mass is 10.4. The van der Waals surface area contributed by atoms with E-state index in [9.17, 15) is 0 Å². The fourth-order valence-corrected chi connectivity index (χ4v) is 3.12. The van der Waals surface area contributed by atoms with Gasteiger partial charge in [-0.05, 0) is 6.04 Å². The summed E-state index contributed by atoms with van der Waals surface area (Å²) in [4.78, 5) is 0. The molecular formula is C10H18Si. The van der Waals surface area contributed by atoms with Crippen molar-refractivity contribution in [1.29, 1.82) is 0 Å². The highest BCUT2D eigenvalue weighted by Gasteiger charge is 2.19. The van der Waals surface area contributed by atoms with Crippen molar-refractivity contribution in [2.24, 2.45) is 0 Å². The van der Waals surface area contributed by atoms with Crippen LogP contribution in [0.25, 0.3) is 0 Å². The Hall–Kier alpha value is -0.563. The molecule has 0 amide bonds. The van der Waals surface area contributed by atoms with Gasteiger partial charge in [-0.15, -0.1) is 19.7 Å². The van der Waals surface area contributed by atoms with Crippen LogP contribution in [0.2, 0.25) is 6.04 Å². The quantitative estimate of drug-likeness (QED) is 0.530.